The molecular formula is C34H41NO4. The van der Waals surface area contributed by atoms with Crippen molar-refractivity contribution >= 4 is 16.7 Å². The molecule has 0 spiro atoms. The molecule has 4 fully saturated rings. The summed E-state index contributed by atoms with van der Waals surface area (Å²) in [4.78, 5) is 12.2. The maximum absolute atomic E-state index is 12.2. The van der Waals surface area contributed by atoms with Crippen molar-refractivity contribution in [2.75, 3.05) is 19.9 Å². The van der Waals surface area contributed by atoms with E-state index in [4.69, 9.17) is 14.2 Å². The molecule has 0 saturated heterocycles. The zero-order valence-corrected chi connectivity index (χ0v) is 23.5. The van der Waals surface area contributed by atoms with Gasteiger partial charge in [-0.05, 0) is 135 Å². The Balaban J connectivity index is 1.34. The Labute approximate surface area is 232 Å². The standard InChI is InChI=1S/C34H41NO4/c1-4-35-33(36)27-8-6-26(7-9-27)28-10-11-29-17-32(39-21-38-22(3)37-5-2)31(16-30(29)15-28)34-18-23-12-24(19-34)14-25(13-23)20-34/h6-11,15-17,22-25H,4-5,12-14,18-21H2,1-3H3,(H,35,36). The lowest BCUT2D eigenvalue weighted by Gasteiger charge is -2.57. The molecule has 4 aliphatic carbocycles. The largest absolute Gasteiger partial charge is 0.467 e. The van der Waals surface area contributed by atoms with E-state index in [-0.39, 0.29) is 24.4 Å². The Morgan fingerprint density at radius 2 is 1.54 bits per heavy atom. The smallest absolute Gasteiger partial charge is 0.251 e. The first kappa shape index (κ1) is 26.3. The highest BCUT2D eigenvalue weighted by molar-refractivity contribution is 5.95. The van der Waals surface area contributed by atoms with Gasteiger partial charge in [-0.15, -0.1) is 0 Å². The third kappa shape index (κ3) is 5.31. The van der Waals surface area contributed by atoms with Crippen molar-refractivity contribution in [2.45, 2.75) is 71.0 Å². The zero-order chi connectivity index (χ0) is 27.0. The summed E-state index contributed by atoms with van der Waals surface area (Å²) >= 11 is 0. The van der Waals surface area contributed by atoms with Crippen molar-refractivity contribution in [3.63, 3.8) is 0 Å². The maximum atomic E-state index is 12.2. The van der Waals surface area contributed by atoms with Gasteiger partial charge in [-0.1, -0.05) is 24.3 Å². The fourth-order valence-corrected chi connectivity index (χ4v) is 7.98. The summed E-state index contributed by atoms with van der Waals surface area (Å²) in [6.45, 7) is 7.25. The van der Waals surface area contributed by atoms with Gasteiger partial charge in [0.05, 0.1) is 0 Å². The molecule has 1 unspecified atom stereocenters. The van der Waals surface area contributed by atoms with E-state index in [1.165, 1.54) is 54.9 Å². The molecule has 0 heterocycles. The van der Waals surface area contributed by atoms with Gasteiger partial charge in [0.2, 0.25) is 0 Å². The molecule has 1 N–H and O–H groups in total. The quantitative estimate of drug-likeness (QED) is 0.278. The minimum absolute atomic E-state index is 0.0325. The molecule has 4 bridgehead atoms. The van der Waals surface area contributed by atoms with E-state index >= 15 is 0 Å². The Morgan fingerprint density at radius 1 is 0.872 bits per heavy atom. The van der Waals surface area contributed by atoms with Gasteiger partial charge in [-0.2, -0.15) is 0 Å². The number of carbonyl (C=O) groups excluding carboxylic acids is 1. The molecule has 0 aliphatic heterocycles. The average molecular weight is 528 g/mol. The highest BCUT2D eigenvalue weighted by Crippen LogP contribution is 2.62. The number of carbonyl (C=O) groups is 1. The molecule has 39 heavy (non-hydrogen) atoms. The lowest BCUT2D eigenvalue weighted by Crippen LogP contribution is -2.48. The number of amides is 1. The average Bonchev–Trinajstić information content (AvgIpc) is 2.92. The monoisotopic (exact) mass is 527 g/mol. The van der Waals surface area contributed by atoms with Crippen molar-refractivity contribution in [3.05, 3.63) is 65.7 Å². The van der Waals surface area contributed by atoms with Crippen molar-refractivity contribution < 1.29 is 19.0 Å². The highest BCUT2D eigenvalue weighted by atomic mass is 16.7. The number of ether oxygens (including phenoxy) is 3. The van der Waals surface area contributed by atoms with Crippen LogP contribution in [0.15, 0.2) is 54.6 Å². The third-order valence-electron chi connectivity index (χ3n) is 9.28. The summed E-state index contributed by atoms with van der Waals surface area (Å²) in [7, 11) is 0. The number of benzene rings is 3. The molecule has 206 valence electrons. The molecule has 5 heteroatoms. The van der Waals surface area contributed by atoms with Crippen LogP contribution in [0.2, 0.25) is 0 Å². The minimum atomic E-state index is -0.291. The van der Waals surface area contributed by atoms with E-state index in [9.17, 15) is 4.79 Å². The second-order valence-corrected chi connectivity index (χ2v) is 12.0. The molecule has 0 radical (unpaired) electrons. The first-order valence-corrected chi connectivity index (χ1v) is 14.8. The van der Waals surface area contributed by atoms with Crippen LogP contribution in [0.3, 0.4) is 0 Å². The van der Waals surface area contributed by atoms with Crippen molar-refractivity contribution in [3.8, 4) is 16.9 Å². The van der Waals surface area contributed by atoms with Crippen LogP contribution in [0, 0.1) is 17.8 Å². The third-order valence-corrected chi connectivity index (χ3v) is 9.28. The summed E-state index contributed by atoms with van der Waals surface area (Å²) in [6.07, 6.45) is 7.77. The van der Waals surface area contributed by atoms with Crippen molar-refractivity contribution in [2.24, 2.45) is 17.8 Å². The van der Waals surface area contributed by atoms with Gasteiger partial charge in [0.1, 0.15) is 5.75 Å². The number of fused-ring (bicyclic) bond motifs is 1. The van der Waals surface area contributed by atoms with E-state index in [2.05, 4.69) is 35.6 Å². The van der Waals surface area contributed by atoms with E-state index in [0.717, 1.165) is 34.6 Å². The van der Waals surface area contributed by atoms with E-state index < -0.39 is 0 Å². The van der Waals surface area contributed by atoms with Gasteiger partial charge in [-0.25, -0.2) is 0 Å². The molecule has 5 nitrogen and oxygen atoms in total. The van der Waals surface area contributed by atoms with Crippen LogP contribution in [-0.4, -0.2) is 32.1 Å². The first-order chi connectivity index (χ1) is 19.0. The summed E-state index contributed by atoms with van der Waals surface area (Å²) in [6, 6.07) is 19.2. The molecule has 4 aliphatic rings. The van der Waals surface area contributed by atoms with Crippen LogP contribution in [0.1, 0.15) is 75.2 Å². The Hall–Kier alpha value is -2.89. The number of hydrogen-bond acceptors (Lipinski definition) is 4. The summed E-state index contributed by atoms with van der Waals surface area (Å²) in [5.41, 5.74) is 4.52. The van der Waals surface area contributed by atoms with E-state index in [1.807, 2.05) is 45.0 Å². The van der Waals surface area contributed by atoms with Gasteiger partial charge in [0, 0.05) is 24.3 Å². The number of hydrogen-bond donors (Lipinski definition) is 1. The Kier molecular flexibility index (Phi) is 7.39. The summed E-state index contributed by atoms with van der Waals surface area (Å²) < 4.78 is 17.7. The van der Waals surface area contributed by atoms with Crippen LogP contribution in [0.25, 0.3) is 21.9 Å². The maximum Gasteiger partial charge on any atom is 0.251 e. The summed E-state index contributed by atoms with van der Waals surface area (Å²) in [5.74, 6) is 3.48. The molecule has 3 aromatic rings. The van der Waals surface area contributed by atoms with Crippen molar-refractivity contribution in [1.82, 2.24) is 5.32 Å². The fraction of sp³-hybridized carbons (Fsp3) is 0.500. The van der Waals surface area contributed by atoms with Gasteiger partial charge in [0.15, 0.2) is 13.1 Å². The van der Waals surface area contributed by atoms with Crippen LogP contribution in [0.5, 0.6) is 5.75 Å². The molecular weight excluding hydrogens is 486 g/mol. The predicted molar refractivity (Wildman–Crippen MR) is 155 cm³/mol. The van der Waals surface area contributed by atoms with Crippen molar-refractivity contribution in [1.29, 1.82) is 0 Å². The Morgan fingerprint density at radius 3 is 2.18 bits per heavy atom. The van der Waals surface area contributed by atoms with E-state index in [1.54, 1.807) is 0 Å². The molecule has 1 atom stereocenters. The number of nitrogens with one attached hydrogen (secondary N) is 1. The zero-order valence-electron chi connectivity index (χ0n) is 23.5. The van der Waals surface area contributed by atoms with Gasteiger partial charge in [-0.3, -0.25) is 4.79 Å². The fourth-order valence-electron chi connectivity index (χ4n) is 7.98. The lowest BCUT2D eigenvalue weighted by molar-refractivity contribution is -0.162. The molecule has 0 aromatic heterocycles. The molecule has 3 aromatic carbocycles. The predicted octanol–water partition coefficient (Wildman–Crippen LogP) is 7.46. The first-order valence-electron chi connectivity index (χ1n) is 14.8. The van der Waals surface area contributed by atoms with Gasteiger partial charge >= 0.3 is 0 Å². The van der Waals surface area contributed by atoms with E-state index in [0.29, 0.717) is 18.7 Å². The Bertz CT molecular complexity index is 1300. The normalized spacial score (nSPS) is 26.1. The van der Waals surface area contributed by atoms with Gasteiger partial charge < -0.3 is 19.5 Å². The van der Waals surface area contributed by atoms with Crippen LogP contribution in [-0.2, 0) is 14.9 Å². The van der Waals surface area contributed by atoms with Crippen LogP contribution in [0.4, 0.5) is 0 Å². The molecule has 4 saturated carbocycles. The molecule has 7 rings (SSSR count). The second-order valence-electron chi connectivity index (χ2n) is 12.0. The second kappa shape index (κ2) is 10.9. The van der Waals surface area contributed by atoms with Crippen LogP contribution >= 0.6 is 0 Å². The highest BCUT2D eigenvalue weighted by Gasteiger charge is 2.52. The lowest BCUT2D eigenvalue weighted by atomic mass is 9.48. The SMILES string of the molecule is CCNC(=O)c1ccc(-c2ccc3cc(OCOC(C)OCC)c(C45CC6CC(CC(C6)C4)C5)cc3c2)cc1. The topological polar surface area (TPSA) is 56.8 Å². The van der Waals surface area contributed by atoms with Crippen LogP contribution < -0.4 is 10.1 Å². The molecule has 1 amide bonds. The number of rotatable bonds is 10. The van der Waals surface area contributed by atoms with Gasteiger partial charge in [0.25, 0.3) is 5.91 Å². The summed E-state index contributed by atoms with van der Waals surface area (Å²) in [5, 5.41) is 5.27. The minimum Gasteiger partial charge on any atom is -0.467 e.